The summed E-state index contributed by atoms with van der Waals surface area (Å²) >= 11 is 5.92. The number of fused-ring (bicyclic) bond motifs is 1. The van der Waals surface area contributed by atoms with Gasteiger partial charge in [-0.25, -0.2) is 9.97 Å². The summed E-state index contributed by atoms with van der Waals surface area (Å²) in [5.41, 5.74) is 1.13. The Morgan fingerprint density at radius 1 is 1.05 bits per heavy atom. The molecular formula is C26H31ClN6O4. The Bertz CT molecular complexity index is 1260. The summed E-state index contributed by atoms with van der Waals surface area (Å²) in [7, 11) is 4.14. The molecule has 0 spiro atoms. The van der Waals surface area contributed by atoms with Crippen molar-refractivity contribution in [3.63, 3.8) is 0 Å². The molecule has 1 aliphatic heterocycles. The molecule has 37 heavy (non-hydrogen) atoms. The zero-order valence-corrected chi connectivity index (χ0v) is 21.8. The molecule has 1 aliphatic carbocycles. The number of halogens is 1. The van der Waals surface area contributed by atoms with Crippen LogP contribution in [0.5, 0.6) is 0 Å². The monoisotopic (exact) mass is 526 g/mol. The lowest BCUT2D eigenvalue weighted by atomic mass is 9.85. The Morgan fingerprint density at radius 2 is 1.81 bits per heavy atom. The number of rotatable bonds is 6. The van der Waals surface area contributed by atoms with Gasteiger partial charge in [0.2, 0.25) is 11.7 Å². The summed E-state index contributed by atoms with van der Waals surface area (Å²) in [6.45, 7) is 2.66. The van der Waals surface area contributed by atoms with Gasteiger partial charge in [-0.2, -0.15) is 0 Å². The molecule has 5 rings (SSSR count). The summed E-state index contributed by atoms with van der Waals surface area (Å²) in [4.78, 5) is 39.9. The number of amides is 2. The average Bonchev–Trinajstić information content (AvgIpc) is 3.28. The van der Waals surface area contributed by atoms with Crippen LogP contribution in [-0.2, 0) is 9.53 Å². The van der Waals surface area contributed by atoms with Crippen LogP contribution < -0.4 is 15.5 Å². The molecule has 1 saturated carbocycles. The molecule has 4 heterocycles. The van der Waals surface area contributed by atoms with Crippen molar-refractivity contribution in [3.05, 3.63) is 41.2 Å². The van der Waals surface area contributed by atoms with E-state index in [9.17, 15) is 9.59 Å². The number of carbonyl (C=O) groups excluding carboxylic acids is 2. The molecule has 0 bridgehead atoms. The van der Waals surface area contributed by atoms with Gasteiger partial charge in [-0.15, -0.1) is 0 Å². The quantitative estimate of drug-likeness (QED) is 0.495. The standard InChI is InChI=1S/C26H31ClN6O4/c1-32(2)18-6-3-16(4-7-18)25(34)31-23-22-19(8-10-21(30-22)33-11-13-36-14-12-33)37-24(23)26(35)29-20-9-5-17(27)15-28-20/h5,8-10,15-16,18H,3-4,6-7,11-14H2,1-2H3,(H,31,34)(H,28,29,35)/t16-,18-. The van der Waals surface area contributed by atoms with Crippen molar-refractivity contribution in [1.82, 2.24) is 14.9 Å². The second-order valence-corrected chi connectivity index (χ2v) is 10.1. The van der Waals surface area contributed by atoms with E-state index in [1.807, 2.05) is 6.07 Å². The molecule has 10 nitrogen and oxygen atoms in total. The van der Waals surface area contributed by atoms with E-state index in [4.69, 9.17) is 25.7 Å². The molecule has 0 atom stereocenters. The lowest BCUT2D eigenvalue weighted by molar-refractivity contribution is -0.121. The molecule has 196 valence electrons. The zero-order valence-electron chi connectivity index (χ0n) is 21.0. The molecule has 11 heteroatoms. The molecule has 2 aliphatic rings. The third-order valence-corrected chi connectivity index (χ3v) is 7.30. The Balaban J connectivity index is 1.45. The second-order valence-electron chi connectivity index (χ2n) is 9.70. The highest BCUT2D eigenvalue weighted by Gasteiger charge is 2.30. The van der Waals surface area contributed by atoms with Crippen LogP contribution in [0.4, 0.5) is 17.3 Å². The van der Waals surface area contributed by atoms with E-state index in [1.165, 1.54) is 6.20 Å². The van der Waals surface area contributed by atoms with Gasteiger partial charge in [0.05, 0.1) is 18.2 Å². The number of aromatic nitrogens is 2. The minimum Gasteiger partial charge on any atom is -0.447 e. The topological polar surface area (TPSA) is 113 Å². The molecule has 2 fully saturated rings. The maximum Gasteiger partial charge on any atom is 0.294 e. The van der Waals surface area contributed by atoms with Crippen LogP contribution in [0.1, 0.15) is 36.2 Å². The van der Waals surface area contributed by atoms with Crippen molar-refractivity contribution in [1.29, 1.82) is 0 Å². The summed E-state index contributed by atoms with van der Waals surface area (Å²) in [6, 6.07) is 7.34. The molecule has 0 aromatic carbocycles. The first kappa shape index (κ1) is 25.4. The Hall–Kier alpha value is -3.21. The Kier molecular flexibility index (Phi) is 7.59. The van der Waals surface area contributed by atoms with Crippen molar-refractivity contribution in [2.75, 3.05) is 55.9 Å². The molecule has 0 radical (unpaired) electrons. The summed E-state index contributed by atoms with van der Waals surface area (Å²) in [5, 5.41) is 6.18. The largest absolute Gasteiger partial charge is 0.447 e. The zero-order chi connectivity index (χ0) is 25.9. The summed E-state index contributed by atoms with van der Waals surface area (Å²) in [6.07, 6.45) is 4.91. The van der Waals surface area contributed by atoms with Gasteiger partial charge in [-0.1, -0.05) is 11.6 Å². The van der Waals surface area contributed by atoms with Crippen molar-refractivity contribution in [3.8, 4) is 0 Å². The minimum absolute atomic E-state index is 0.0197. The van der Waals surface area contributed by atoms with Gasteiger partial charge in [0.1, 0.15) is 22.8 Å². The fourth-order valence-electron chi connectivity index (χ4n) is 4.91. The van der Waals surface area contributed by atoms with Crippen LogP contribution in [0.15, 0.2) is 34.9 Å². The van der Waals surface area contributed by atoms with Crippen molar-refractivity contribution < 1.29 is 18.7 Å². The molecule has 1 saturated heterocycles. The Morgan fingerprint density at radius 3 is 2.49 bits per heavy atom. The van der Waals surface area contributed by atoms with Crippen LogP contribution in [0.25, 0.3) is 11.1 Å². The number of morpholine rings is 1. The first-order valence-corrected chi connectivity index (χ1v) is 12.9. The van der Waals surface area contributed by atoms with E-state index in [0.29, 0.717) is 54.3 Å². The number of carbonyl (C=O) groups is 2. The van der Waals surface area contributed by atoms with Gasteiger partial charge in [0.25, 0.3) is 5.91 Å². The van der Waals surface area contributed by atoms with Crippen LogP contribution in [0, 0.1) is 5.92 Å². The van der Waals surface area contributed by atoms with Crippen LogP contribution >= 0.6 is 11.6 Å². The first-order chi connectivity index (χ1) is 17.9. The number of anilines is 3. The van der Waals surface area contributed by atoms with Gasteiger partial charge < -0.3 is 29.6 Å². The number of hydrogen-bond acceptors (Lipinski definition) is 8. The summed E-state index contributed by atoms with van der Waals surface area (Å²) < 4.78 is 11.4. The highest BCUT2D eigenvalue weighted by molar-refractivity contribution is 6.30. The van der Waals surface area contributed by atoms with E-state index >= 15 is 0 Å². The number of nitrogens with one attached hydrogen (secondary N) is 2. The third kappa shape index (κ3) is 5.71. The van der Waals surface area contributed by atoms with E-state index < -0.39 is 5.91 Å². The molecule has 2 N–H and O–H groups in total. The highest BCUT2D eigenvalue weighted by atomic mass is 35.5. The van der Waals surface area contributed by atoms with Gasteiger partial charge in [0, 0.05) is 31.2 Å². The van der Waals surface area contributed by atoms with Gasteiger partial charge in [0.15, 0.2) is 5.58 Å². The number of hydrogen-bond donors (Lipinski definition) is 2. The third-order valence-electron chi connectivity index (χ3n) is 7.08. The van der Waals surface area contributed by atoms with Crippen LogP contribution in [0.2, 0.25) is 5.02 Å². The SMILES string of the molecule is CN(C)[C@H]1CC[C@H](C(=O)Nc2c(C(=O)Nc3ccc(Cl)cn3)oc3ccc(N4CCOCC4)nc23)CC1. The highest BCUT2D eigenvalue weighted by Crippen LogP contribution is 2.34. The summed E-state index contributed by atoms with van der Waals surface area (Å²) in [5.74, 6) is 0.233. The maximum atomic E-state index is 13.4. The van der Waals surface area contributed by atoms with Crippen molar-refractivity contribution in [2.45, 2.75) is 31.7 Å². The van der Waals surface area contributed by atoms with Gasteiger partial charge >= 0.3 is 0 Å². The van der Waals surface area contributed by atoms with Gasteiger partial charge in [-0.3, -0.25) is 9.59 Å². The van der Waals surface area contributed by atoms with Crippen LogP contribution in [0.3, 0.4) is 0 Å². The lowest BCUT2D eigenvalue weighted by Gasteiger charge is -2.31. The molecule has 0 unspecified atom stereocenters. The minimum atomic E-state index is -0.535. The fourth-order valence-corrected chi connectivity index (χ4v) is 5.02. The van der Waals surface area contributed by atoms with E-state index in [0.717, 1.165) is 31.5 Å². The molecule has 3 aromatic heterocycles. The normalized spacial score (nSPS) is 20.3. The molecule has 2 amide bonds. The predicted molar refractivity (Wildman–Crippen MR) is 142 cm³/mol. The maximum absolute atomic E-state index is 13.4. The first-order valence-electron chi connectivity index (χ1n) is 12.6. The van der Waals surface area contributed by atoms with E-state index in [2.05, 4.69) is 39.5 Å². The van der Waals surface area contributed by atoms with Gasteiger partial charge in [-0.05, 0) is 64.0 Å². The number of pyridine rings is 2. The average molecular weight is 527 g/mol. The molecular weight excluding hydrogens is 496 g/mol. The van der Waals surface area contributed by atoms with E-state index in [1.54, 1.807) is 18.2 Å². The fraction of sp³-hybridized carbons (Fsp3) is 0.462. The van der Waals surface area contributed by atoms with Crippen molar-refractivity contribution in [2.24, 2.45) is 5.92 Å². The smallest absolute Gasteiger partial charge is 0.294 e. The molecule has 3 aromatic rings. The lowest BCUT2D eigenvalue weighted by Crippen LogP contribution is -2.36. The number of nitrogens with zero attached hydrogens (tertiary/aromatic N) is 4. The predicted octanol–water partition coefficient (Wildman–Crippen LogP) is 4.02. The van der Waals surface area contributed by atoms with E-state index in [-0.39, 0.29) is 23.3 Å². The van der Waals surface area contributed by atoms with Crippen molar-refractivity contribution >= 4 is 51.8 Å². The number of ether oxygens (including phenoxy) is 1. The Labute approximate surface area is 220 Å². The van der Waals surface area contributed by atoms with Crippen LogP contribution in [-0.4, -0.2) is 73.1 Å². The number of furan rings is 1. The second kappa shape index (κ2) is 11.0.